The van der Waals surface area contributed by atoms with Gasteiger partial charge in [0.15, 0.2) is 0 Å². The van der Waals surface area contributed by atoms with Crippen molar-refractivity contribution < 1.29 is 4.79 Å². The molecule has 4 heteroatoms. The van der Waals surface area contributed by atoms with Crippen molar-refractivity contribution in [1.29, 1.82) is 0 Å². The molecule has 0 bridgehead atoms. The lowest BCUT2D eigenvalue weighted by Gasteiger charge is -2.36. The van der Waals surface area contributed by atoms with Crippen LogP contribution in [0.5, 0.6) is 0 Å². The summed E-state index contributed by atoms with van der Waals surface area (Å²) in [6.45, 7) is 4.48. The van der Waals surface area contributed by atoms with E-state index >= 15 is 0 Å². The largest absolute Gasteiger partial charge is 0.341 e. The standard InChI is InChI=1S/C11H21N3O/c12-9-11(15)14-7-3-10(4-8-14)13-5-1-2-6-13/h10H,1-9,12H2. The minimum absolute atomic E-state index is 0.106. The highest BCUT2D eigenvalue weighted by atomic mass is 16.2. The second-order valence-corrected chi connectivity index (χ2v) is 4.56. The summed E-state index contributed by atoms with van der Waals surface area (Å²) in [6.07, 6.45) is 4.96. The summed E-state index contributed by atoms with van der Waals surface area (Å²) < 4.78 is 0. The third-order valence-electron chi connectivity index (χ3n) is 3.65. The van der Waals surface area contributed by atoms with Crippen molar-refractivity contribution in [3.05, 3.63) is 0 Å². The van der Waals surface area contributed by atoms with Crippen molar-refractivity contribution in [2.75, 3.05) is 32.7 Å². The van der Waals surface area contributed by atoms with Gasteiger partial charge in [-0.15, -0.1) is 0 Å². The van der Waals surface area contributed by atoms with Crippen LogP contribution in [0, 0.1) is 0 Å². The van der Waals surface area contributed by atoms with Crippen LogP contribution >= 0.6 is 0 Å². The number of hydrogen-bond donors (Lipinski definition) is 1. The first-order valence-corrected chi connectivity index (χ1v) is 6.03. The molecule has 0 aromatic heterocycles. The number of likely N-dealkylation sites (tertiary alicyclic amines) is 2. The molecule has 0 spiro atoms. The highest BCUT2D eigenvalue weighted by molar-refractivity contribution is 5.78. The van der Waals surface area contributed by atoms with E-state index in [9.17, 15) is 4.79 Å². The van der Waals surface area contributed by atoms with Crippen molar-refractivity contribution in [2.24, 2.45) is 5.73 Å². The van der Waals surface area contributed by atoms with E-state index in [1.165, 1.54) is 25.9 Å². The first-order valence-electron chi connectivity index (χ1n) is 6.03. The number of nitrogens with two attached hydrogens (primary N) is 1. The fourth-order valence-electron chi connectivity index (χ4n) is 2.72. The molecule has 0 aromatic rings. The highest BCUT2D eigenvalue weighted by Crippen LogP contribution is 2.20. The van der Waals surface area contributed by atoms with Crippen LogP contribution in [-0.4, -0.2) is 54.5 Å². The first-order chi connectivity index (χ1) is 7.31. The maximum Gasteiger partial charge on any atom is 0.236 e. The minimum atomic E-state index is 0.106. The smallest absolute Gasteiger partial charge is 0.236 e. The van der Waals surface area contributed by atoms with E-state index in [4.69, 9.17) is 5.73 Å². The van der Waals surface area contributed by atoms with Gasteiger partial charge in [0.1, 0.15) is 0 Å². The summed E-state index contributed by atoms with van der Waals surface area (Å²) in [4.78, 5) is 15.9. The van der Waals surface area contributed by atoms with Crippen LogP contribution in [0.1, 0.15) is 25.7 Å². The van der Waals surface area contributed by atoms with E-state index in [1.54, 1.807) is 0 Å². The Bertz CT molecular complexity index is 218. The molecular weight excluding hydrogens is 190 g/mol. The van der Waals surface area contributed by atoms with Gasteiger partial charge in [0.05, 0.1) is 6.54 Å². The first kappa shape index (κ1) is 10.9. The molecule has 2 aliphatic heterocycles. The molecule has 0 saturated carbocycles. The maximum atomic E-state index is 11.4. The second-order valence-electron chi connectivity index (χ2n) is 4.56. The van der Waals surface area contributed by atoms with Gasteiger partial charge in [-0.25, -0.2) is 0 Å². The van der Waals surface area contributed by atoms with Gasteiger partial charge in [-0.2, -0.15) is 0 Å². The van der Waals surface area contributed by atoms with Crippen LogP contribution in [-0.2, 0) is 4.79 Å². The van der Waals surface area contributed by atoms with Crippen LogP contribution in [0.3, 0.4) is 0 Å². The molecule has 1 amide bonds. The molecule has 0 radical (unpaired) electrons. The topological polar surface area (TPSA) is 49.6 Å². The second kappa shape index (κ2) is 4.94. The van der Waals surface area contributed by atoms with Crippen molar-refractivity contribution in [1.82, 2.24) is 9.80 Å². The Morgan fingerprint density at radius 1 is 1.13 bits per heavy atom. The summed E-state index contributed by atoms with van der Waals surface area (Å²) in [6, 6.07) is 0.717. The predicted octanol–water partition coefficient (Wildman–Crippen LogP) is 0.0319. The third kappa shape index (κ3) is 2.49. The van der Waals surface area contributed by atoms with E-state index in [0.29, 0.717) is 6.04 Å². The maximum absolute atomic E-state index is 11.4. The summed E-state index contributed by atoms with van der Waals surface area (Å²) in [5, 5.41) is 0. The molecule has 2 rings (SSSR count). The number of amides is 1. The zero-order valence-corrected chi connectivity index (χ0v) is 9.32. The third-order valence-corrected chi connectivity index (χ3v) is 3.65. The van der Waals surface area contributed by atoms with Gasteiger partial charge < -0.3 is 15.5 Å². The SMILES string of the molecule is NCC(=O)N1CCC(N2CCCC2)CC1. The molecule has 0 aliphatic carbocycles. The van der Waals surface area contributed by atoms with E-state index in [-0.39, 0.29) is 12.5 Å². The molecule has 86 valence electrons. The van der Waals surface area contributed by atoms with Crippen LogP contribution in [0.2, 0.25) is 0 Å². The van der Waals surface area contributed by atoms with Crippen LogP contribution < -0.4 is 5.73 Å². The summed E-state index contributed by atoms with van der Waals surface area (Å²) in [7, 11) is 0. The number of hydrogen-bond acceptors (Lipinski definition) is 3. The Kier molecular flexibility index (Phi) is 3.59. The minimum Gasteiger partial charge on any atom is -0.341 e. The molecule has 2 aliphatic rings. The summed E-state index contributed by atoms with van der Waals surface area (Å²) in [5.74, 6) is 0.106. The molecule has 2 fully saturated rings. The molecule has 2 N–H and O–H groups in total. The number of carbonyl (C=O) groups excluding carboxylic acids is 1. The average molecular weight is 211 g/mol. The zero-order chi connectivity index (χ0) is 10.7. The molecule has 0 atom stereocenters. The number of rotatable bonds is 2. The lowest BCUT2D eigenvalue weighted by atomic mass is 10.0. The molecule has 2 heterocycles. The molecule has 15 heavy (non-hydrogen) atoms. The lowest BCUT2D eigenvalue weighted by molar-refractivity contribution is -0.131. The van der Waals surface area contributed by atoms with Gasteiger partial charge in [-0.05, 0) is 38.8 Å². The van der Waals surface area contributed by atoms with Gasteiger partial charge in [0, 0.05) is 19.1 Å². The van der Waals surface area contributed by atoms with Crippen LogP contribution in [0.25, 0.3) is 0 Å². The molecule has 4 nitrogen and oxygen atoms in total. The van der Waals surface area contributed by atoms with Crippen molar-refractivity contribution in [2.45, 2.75) is 31.7 Å². The average Bonchev–Trinajstić information content (AvgIpc) is 2.82. The Balaban J connectivity index is 1.78. The fraction of sp³-hybridized carbons (Fsp3) is 0.909. The predicted molar refractivity (Wildman–Crippen MR) is 59.5 cm³/mol. The highest BCUT2D eigenvalue weighted by Gasteiger charge is 2.27. The van der Waals surface area contributed by atoms with Gasteiger partial charge in [-0.1, -0.05) is 0 Å². The summed E-state index contributed by atoms with van der Waals surface area (Å²) >= 11 is 0. The molecule has 0 aromatic carbocycles. The lowest BCUT2D eigenvalue weighted by Crippen LogP contribution is -2.47. The number of piperidine rings is 1. The Labute approximate surface area is 91.4 Å². The van der Waals surface area contributed by atoms with E-state index in [2.05, 4.69) is 4.90 Å². The summed E-state index contributed by atoms with van der Waals surface area (Å²) in [5.41, 5.74) is 5.36. The van der Waals surface area contributed by atoms with Crippen molar-refractivity contribution in [3.63, 3.8) is 0 Å². The Morgan fingerprint density at radius 2 is 1.73 bits per heavy atom. The van der Waals surface area contributed by atoms with Crippen molar-refractivity contribution in [3.8, 4) is 0 Å². The van der Waals surface area contributed by atoms with Gasteiger partial charge in [0.2, 0.25) is 5.91 Å². The van der Waals surface area contributed by atoms with Crippen molar-refractivity contribution >= 4 is 5.91 Å². The van der Waals surface area contributed by atoms with E-state index in [0.717, 1.165) is 25.9 Å². The van der Waals surface area contributed by atoms with E-state index in [1.807, 2.05) is 4.90 Å². The molecule has 2 saturated heterocycles. The van der Waals surface area contributed by atoms with Gasteiger partial charge in [0.25, 0.3) is 0 Å². The van der Waals surface area contributed by atoms with Gasteiger partial charge >= 0.3 is 0 Å². The monoisotopic (exact) mass is 211 g/mol. The van der Waals surface area contributed by atoms with Crippen LogP contribution in [0.15, 0.2) is 0 Å². The quantitative estimate of drug-likeness (QED) is 0.701. The number of nitrogens with zero attached hydrogens (tertiary/aromatic N) is 2. The molecule has 0 unspecified atom stereocenters. The Morgan fingerprint density at radius 3 is 2.27 bits per heavy atom. The van der Waals surface area contributed by atoms with Crippen LogP contribution in [0.4, 0.5) is 0 Å². The van der Waals surface area contributed by atoms with Gasteiger partial charge in [-0.3, -0.25) is 4.79 Å². The molecular formula is C11H21N3O. The zero-order valence-electron chi connectivity index (χ0n) is 9.32. The fourth-order valence-corrected chi connectivity index (χ4v) is 2.72. The normalized spacial score (nSPS) is 24.7. The Hall–Kier alpha value is -0.610. The van der Waals surface area contributed by atoms with E-state index < -0.39 is 0 Å². The number of carbonyl (C=O) groups is 1.